The minimum atomic E-state index is -0.448. The Morgan fingerprint density at radius 1 is 1.27 bits per heavy atom. The number of halogens is 2. The summed E-state index contributed by atoms with van der Waals surface area (Å²) in [6, 6.07) is 4.82. The van der Waals surface area contributed by atoms with Crippen LogP contribution in [-0.4, -0.2) is 32.1 Å². The van der Waals surface area contributed by atoms with Gasteiger partial charge in [-0.25, -0.2) is 4.79 Å². The highest BCUT2D eigenvalue weighted by Crippen LogP contribution is 2.19. The van der Waals surface area contributed by atoms with Crippen LogP contribution < -0.4 is 15.5 Å². The molecule has 1 unspecified atom stereocenters. The highest BCUT2D eigenvalue weighted by atomic mass is 35.5. The van der Waals surface area contributed by atoms with Crippen LogP contribution in [0.25, 0.3) is 0 Å². The van der Waals surface area contributed by atoms with Crippen molar-refractivity contribution in [2.75, 3.05) is 20.1 Å². The number of carbonyl (C=O) groups is 2. The molecule has 1 aromatic carbocycles. The van der Waals surface area contributed by atoms with Crippen LogP contribution in [-0.2, 0) is 11.3 Å². The van der Waals surface area contributed by atoms with Crippen LogP contribution in [0.5, 0.6) is 0 Å². The van der Waals surface area contributed by atoms with Crippen LogP contribution in [0.15, 0.2) is 18.2 Å². The third-order valence-corrected chi connectivity index (χ3v) is 3.63. The zero-order chi connectivity index (χ0) is 16.5. The van der Waals surface area contributed by atoms with Gasteiger partial charge in [-0.2, -0.15) is 0 Å². The molecule has 1 aromatic rings. The standard InChI is InChI=1S/C15H21Cl2N3O2/c1-3-4-7-18-15(22)19-14(21)10-20(2)9-11-5-6-12(16)8-13(11)17/h5-6,8H,3-4,7,9-10H2,1-2H3,(H2,18,19,21,22)/p+1. The van der Waals surface area contributed by atoms with Crippen LogP contribution in [0.1, 0.15) is 25.3 Å². The van der Waals surface area contributed by atoms with Crippen molar-refractivity contribution in [3.8, 4) is 0 Å². The number of quaternary nitrogens is 1. The van der Waals surface area contributed by atoms with E-state index in [1.807, 2.05) is 20.0 Å². The molecule has 122 valence electrons. The Hall–Kier alpha value is -1.30. The van der Waals surface area contributed by atoms with Crippen molar-refractivity contribution in [2.45, 2.75) is 26.3 Å². The lowest BCUT2D eigenvalue weighted by Gasteiger charge is -2.14. The van der Waals surface area contributed by atoms with Gasteiger partial charge in [-0.1, -0.05) is 42.6 Å². The molecule has 7 heteroatoms. The number of imide groups is 1. The number of hydrogen-bond donors (Lipinski definition) is 3. The summed E-state index contributed by atoms with van der Waals surface area (Å²) in [4.78, 5) is 24.2. The second kappa shape index (κ2) is 9.66. The van der Waals surface area contributed by atoms with Crippen molar-refractivity contribution in [3.05, 3.63) is 33.8 Å². The number of rotatable bonds is 7. The maximum Gasteiger partial charge on any atom is 0.321 e. The lowest BCUT2D eigenvalue weighted by atomic mass is 10.2. The van der Waals surface area contributed by atoms with Crippen molar-refractivity contribution in [1.29, 1.82) is 0 Å². The number of likely N-dealkylation sites (N-methyl/N-ethyl adjacent to an activating group) is 1. The first kappa shape index (κ1) is 18.7. The molecule has 0 aliphatic heterocycles. The predicted octanol–water partition coefficient (Wildman–Crippen LogP) is 1.63. The van der Waals surface area contributed by atoms with Gasteiger partial charge in [-0.3, -0.25) is 10.1 Å². The van der Waals surface area contributed by atoms with Crippen molar-refractivity contribution >= 4 is 35.1 Å². The molecule has 0 heterocycles. The van der Waals surface area contributed by atoms with Crippen LogP contribution in [0.4, 0.5) is 4.79 Å². The summed E-state index contributed by atoms with van der Waals surface area (Å²) in [5, 5.41) is 6.10. The van der Waals surface area contributed by atoms with E-state index in [1.165, 1.54) is 0 Å². The highest BCUT2D eigenvalue weighted by Gasteiger charge is 2.14. The molecule has 1 atom stereocenters. The second-order valence-corrected chi connectivity index (χ2v) is 6.05. The summed E-state index contributed by atoms with van der Waals surface area (Å²) in [7, 11) is 1.86. The number of benzene rings is 1. The Labute approximate surface area is 141 Å². The van der Waals surface area contributed by atoms with E-state index in [2.05, 4.69) is 10.6 Å². The van der Waals surface area contributed by atoms with Crippen LogP contribution in [0, 0.1) is 0 Å². The van der Waals surface area contributed by atoms with E-state index in [4.69, 9.17) is 23.2 Å². The van der Waals surface area contributed by atoms with Crippen LogP contribution in [0.3, 0.4) is 0 Å². The number of nitrogens with one attached hydrogen (secondary N) is 3. The largest absolute Gasteiger partial charge is 0.338 e. The second-order valence-electron chi connectivity index (χ2n) is 5.20. The Bertz CT molecular complexity index is 524. The van der Waals surface area contributed by atoms with E-state index < -0.39 is 6.03 Å². The smallest absolute Gasteiger partial charge is 0.321 e. The number of carbonyl (C=O) groups excluding carboxylic acids is 2. The maximum atomic E-state index is 11.8. The molecule has 22 heavy (non-hydrogen) atoms. The van der Waals surface area contributed by atoms with Crippen molar-refractivity contribution in [2.24, 2.45) is 0 Å². The normalized spacial score (nSPS) is 11.8. The van der Waals surface area contributed by atoms with Crippen molar-refractivity contribution < 1.29 is 14.5 Å². The van der Waals surface area contributed by atoms with Gasteiger partial charge >= 0.3 is 6.03 Å². The average molecular weight is 347 g/mol. The summed E-state index contributed by atoms with van der Waals surface area (Å²) in [6.45, 7) is 3.35. The SMILES string of the molecule is CCCCNC(=O)NC(=O)C[NH+](C)Cc1ccc(Cl)cc1Cl. The Morgan fingerprint density at radius 3 is 2.64 bits per heavy atom. The molecule has 5 nitrogen and oxygen atoms in total. The maximum absolute atomic E-state index is 11.8. The van der Waals surface area contributed by atoms with Gasteiger partial charge in [0, 0.05) is 17.1 Å². The average Bonchev–Trinajstić information content (AvgIpc) is 2.42. The van der Waals surface area contributed by atoms with Crippen LogP contribution in [0.2, 0.25) is 10.0 Å². The molecule has 0 saturated heterocycles. The Kier molecular flexibility index (Phi) is 8.24. The van der Waals surface area contributed by atoms with Crippen molar-refractivity contribution in [1.82, 2.24) is 10.6 Å². The van der Waals surface area contributed by atoms with Gasteiger partial charge in [0.15, 0.2) is 6.54 Å². The summed E-state index contributed by atoms with van der Waals surface area (Å²) in [6.07, 6.45) is 1.88. The predicted molar refractivity (Wildman–Crippen MR) is 88.4 cm³/mol. The Balaban J connectivity index is 2.39. The molecule has 0 fully saturated rings. The number of amides is 3. The van der Waals surface area contributed by atoms with Gasteiger partial charge in [0.2, 0.25) is 0 Å². The molecule has 3 N–H and O–H groups in total. The molecule has 0 bridgehead atoms. The van der Waals surface area contributed by atoms with Gasteiger partial charge in [-0.05, 0) is 18.6 Å². The quantitative estimate of drug-likeness (QED) is 0.657. The first-order valence-corrected chi connectivity index (χ1v) is 8.01. The van der Waals surface area contributed by atoms with Crippen molar-refractivity contribution in [3.63, 3.8) is 0 Å². The summed E-state index contributed by atoms with van der Waals surface area (Å²) in [5.41, 5.74) is 0.906. The van der Waals surface area contributed by atoms with E-state index in [0.29, 0.717) is 23.1 Å². The van der Waals surface area contributed by atoms with Gasteiger partial charge < -0.3 is 10.2 Å². The van der Waals surface area contributed by atoms with E-state index >= 15 is 0 Å². The molecule has 0 spiro atoms. The van der Waals surface area contributed by atoms with E-state index in [1.54, 1.807) is 12.1 Å². The molecule has 0 saturated carbocycles. The van der Waals surface area contributed by atoms with Gasteiger partial charge in [0.05, 0.1) is 12.1 Å². The zero-order valence-electron chi connectivity index (χ0n) is 12.8. The van der Waals surface area contributed by atoms with E-state index in [9.17, 15) is 9.59 Å². The van der Waals surface area contributed by atoms with E-state index in [0.717, 1.165) is 23.3 Å². The summed E-state index contributed by atoms with van der Waals surface area (Å²) < 4.78 is 0. The number of unbranched alkanes of at least 4 members (excludes halogenated alkanes) is 1. The fourth-order valence-electron chi connectivity index (χ4n) is 1.92. The van der Waals surface area contributed by atoms with Gasteiger partial charge in [-0.15, -0.1) is 0 Å². The first-order valence-electron chi connectivity index (χ1n) is 7.25. The monoisotopic (exact) mass is 346 g/mol. The molecular formula is C15H22Cl2N3O2+. The molecule has 0 radical (unpaired) electrons. The third kappa shape index (κ3) is 7.11. The molecule has 3 amide bonds. The van der Waals surface area contributed by atoms with Gasteiger partial charge in [0.1, 0.15) is 6.54 Å². The summed E-state index contributed by atoms with van der Waals surface area (Å²) >= 11 is 12.0. The van der Waals surface area contributed by atoms with Crippen LogP contribution >= 0.6 is 23.2 Å². The number of urea groups is 1. The lowest BCUT2D eigenvalue weighted by molar-refractivity contribution is -0.885. The minimum Gasteiger partial charge on any atom is -0.338 e. The minimum absolute atomic E-state index is 0.181. The molecule has 1 rings (SSSR count). The Morgan fingerprint density at radius 2 is 2.00 bits per heavy atom. The fourth-order valence-corrected chi connectivity index (χ4v) is 2.40. The summed E-state index contributed by atoms with van der Waals surface area (Å²) in [5.74, 6) is -0.323. The molecular weight excluding hydrogens is 325 g/mol. The first-order chi connectivity index (χ1) is 10.4. The number of hydrogen-bond acceptors (Lipinski definition) is 2. The third-order valence-electron chi connectivity index (χ3n) is 3.04. The van der Waals surface area contributed by atoms with E-state index in [-0.39, 0.29) is 12.5 Å². The molecule has 0 aliphatic rings. The molecule has 0 aliphatic carbocycles. The molecule has 0 aromatic heterocycles. The van der Waals surface area contributed by atoms with Gasteiger partial charge in [0.25, 0.3) is 5.91 Å². The highest BCUT2D eigenvalue weighted by molar-refractivity contribution is 6.35. The fraction of sp³-hybridized carbons (Fsp3) is 0.467. The topological polar surface area (TPSA) is 62.6 Å². The lowest BCUT2D eigenvalue weighted by Crippen LogP contribution is -3.09. The zero-order valence-corrected chi connectivity index (χ0v) is 14.4.